The SMILES string of the molecule is C=C(C)OI(OC(C)=O)c1ccccc1. The zero-order valence-corrected chi connectivity index (χ0v) is 10.9. The summed E-state index contributed by atoms with van der Waals surface area (Å²) in [6.45, 7) is 6.78. The van der Waals surface area contributed by atoms with Crippen LogP contribution in [0, 0.1) is 3.57 Å². The molecule has 0 atom stereocenters. The molecule has 15 heavy (non-hydrogen) atoms. The van der Waals surface area contributed by atoms with E-state index in [9.17, 15) is 4.79 Å². The second-order valence-electron chi connectivity index (χ2n) is 2.86. The van der Waals surface area contributed by atoms with Gasteiger partial charge in [0.1, 0.15) is 0 Å². The predicted molar refractivity (Wildman–Crippen MR) is 66.8 cm³/mol. The topological polar surface area (TPSA) is 35.5 Å². The average molecular weight is 320 g/mol. The molecule has 1 aromatic carbocycles. The molecule has 0 aliphatic carbocycles. The number of hydrogen-bond acceptors (Lipinski definition) is 3. The molecule has 0 heterocycles. The second kappa shape index (κ2) is 5.75. The Hall–Kier alpha value is -1.04. The first-order valence-electron chi connectivity index (χ1n) is 4.37. The summed E-state index contributed by atoms with van der Waals surface area (Å²) in [4.78, 5) is 10.9. The first kappa shape index (κ1) is 12.0. The van der Waals surface area contributed by atoms with Gasteiger partial charge in [0.2, 0.25) is 0 Å². The molecule has 3 nitrogen and oxygen atoms in total. The Bertz CT molecular complexity index is 332. The molecule has 0 amide bonds. The van der Waals surface area contributed by atoms with Gasteiger partial charge in [-0.2, -0.15) is 0 Å². The van der Waals surface area contributed by atoms with Crippen LogP contribution in [-0.2, 0) is 10.9 Å². The van der Waals surface area contributed by atoms with Crippen molar-refractivity contribution in [3.8, 4) is 0 Å². The number of carbonyl (C=O) groups excluding carboxylic acids is 1. The number of halogens is 1. The van der Waals surface area contributed by atoms with Crippen LogP contribution < -0.4 is 0 Å². The third-order valence-electron chi connectivity index (χ3n) is 1.29. The Morgan fingerprint density at radius 2 is 1.80 bits per heavy atom. The van der Waals surface area contributed by atoms with Crippen LogP contribution in [0.2, 0.25) is 0 Å². The summed E-state index contributed by atoms with van der Waals surface area (Å²) in [6.07, 6.45) is 0. The van der Waals surface area contributed by atoms with Gasteiger partial charge in [-0.1, -0.05) is 0 Å². The van der Waals surface area contributed by atoms with Gasteiger partial charge in [0.05, 0.1) is 0 Å². The molecule has 0 bridgehead atoms. The van der Waals surface area contributed by atoms with E-state index in [0.29, 0.717) is 5.76 Å². The quantitative estimate of drug-likeness (QED) is 0.631. The molecule has 0 saturated heterocycles. The number of hydrogen-bond donors (Lipinski definition) is 0. The summed E-state index contributed by atoms with van der Waals surface area (Å²) >= 11 is -2.34. The van der Waals surface area contributed by atoms with E-state index in [1.54, 1.807) is 6.92 Å². The normalized spacial score (nSPS) is 10.4. The summed E-state index contributed by atoms with van der Waals surface area (Å²) in [5, 5.41) is 0. The molecule has 4 heteroatoms. The van der Waals surface area contributed by atoms with Crippen LogP contribution in [0.15, 0.2) is 42.7 Å². The fourth-order valence-corrected chi connectivity index (χ4v) is 3.69. The molecule has 0 spiro atoms. The summed E-state index contributed by atoms with van der Waals surface area (Å²) in [5.74, 6) is 0.260. The minimum atomic E-state index is -2.34. The van der Waals surface area contributed by atoms with Crippen molar-refractivity contribution in [1.29, 1.82) is 0 Å². The van der Waals surface area contributed by atoms with Gasteiger partial charge in [-0.05, 0) is 0 Å². The van der Waals surface area contributed by atoms with E-state index in [1.165, 1.54) is 6.92 Å². The average Bonchev–Trinajstić information content (AvgIpc) is 2.17. The van der Waals surface area contributed by atoms with E-state index in [1.807, 2.05) is 30.3 Å². The summed E-state index contributed by atoms with van der Waals surface area (Å²) in [5.41, 5.74) is 0. The van der Waals surface area contributed by atoms with Crippen LogP contribution in [0.5, 0.6) is 0 Å². The van der Waals surface area contributed by atoms with Crippen LogP contribution in [0.3, 0.4) is 0 Å². The van der Waals surface area contributed by atoms with Gasteiger partial charge in [0.25, 0.3) is 0 Å². The van der Waals surface area contributed by atoms with E-state index in [2.05, 4.69) is 6.58 Å². The van der Waals surface area contributed by atoms with Crippen molar-refractivity contribution in [3.63, 3.8) is 0 Å². The molecule has 1 aromatic rings. The minimum absolute atomic E-state index is 0.315. The Morgan fingerprint density at radius 1 is 1.20 bits per heavy atom. The number of carbonyl (C=O) groups is 1. The number of allylic oxidation sites excluding steroid dienone is 1. The van der Waals surface area contributed by atoms with Crippen molar-refractivity contribution < 1.29 is 10.9 Å². The molecule has 0 radical (unpaired) electrons. The molecule has 82 valence electrons. The van der Waals surface area contributed by atoms with Crippen molar-refractivity contribution in [1.82, 2.24) is 0 Å². The monoisotopic (exact) mass is 320 g/mol. The first-order valence-corrected chi connectivity index (χ1v) is 7.21. The van der Waals surface area contributed by atoms with Crippen molar-refractivity contribution in [2.45, 2.75) is 13.8 Å². The van der Waals surface area contributed by atoms with E-state index >= 15 is 0 Å². The van der Waals surface area contributed by atoms with E-state index in [0.717, 1.165) is 3.57 Å². The molecule has 1 rings (SSSR count). The van der Waals surface area contributed by atoms with Crippen LogP contribution >= 0.6 is 20.6 Å². The predicted octanol–water partition coefficient (Wildman–Crippen LogP) is 3.31. The first-order chi connectivity index (χ1) is 7.09. The number of benzene rings is 1. The Kier molecular flexibility index (Phi) is 4.61. The molecule has 0 aromatic heterocycles. The van der Waals surface area contributed by atoms with E-state index in [4.69, 9.17) is 6.13 Å². The Balaban J connectivity index is 2.81. The van der Waals surface area contributed by atoms with Crippen molar-refractivity contribution in [2.24, 2.45) is 0 Å². The fourth-order valence-electron chi connectivity index (χ4n) is 0.841. The molecule has 0 unspecified atom stereocenters. The zero-order chi connectivity index (χ0) is 11.3. The molecule has 0 aliphatic heterocycles. The molecule has 0 fully saturated rings. The van der Waals surface area contributed by atoms with Gasteiger partial charge >= 0.3 is 97.6 Å². The zero-order valence-electron chi connectivity index (χ0n) is 8.70. The van der Waals surface area contributed by atoms with Crippen molar-refractivity contribution in [2.75, 3.05) is 0 Å². The van der Waals surface area contributed by atoms with E-state index < -0.39 is 20.6 Å². The molecule has 0 saturated carbocycles. The van der Waals surface area contributed by atoms with Gasteiger partial charge in [0.15, 0.2) is 0 Å². The fraction of sp³-hybridized carbons (Fsp3) is 0.182. The van der Waals surface area contributed by atoms with Crippen LogP contribution in [0.1, 0.15) is 13.8 Å². The van der Waals surface area contributed by atoms with Gasteiger partial charge in [0, 0.05) is 0 Å². The third kappa shape index (κ3) is 4.33. The van der Waals surface area contributed by atoms with Gasteiger partial charge in [-0.15, -0.1) is 0 Å². The molecule has 0 aliphatic rings. The van der Waals surface area contributed by atoms with Crippen molar-refractivity contribution >= 4 is 26.6 Å². The molecular formula is C11H13IO3. The van der Waals surface area contributed by atoms with Gasteiger partial charge in [-0.25, -0.2) is 0 Å². The Labute approximate surface area is 97.6 Å². The summed E-state index contributed by atoms with van der Waals surface area (Å²) < 4.78 is 11.6. The van der Waals surface area contributed by atoms with Crippen LogP contribution in [0.25, 0.3) is 0 Å². The van der Waals surface area contributed by atoms with Gasteiger partial charge < -0.3 is 0 Å². The van der Waals surface area contributed by atoms with E-state index in [-0.39, 0.29) is 5.97 Å². The third-order valence-corrected chi connectivity index (χ3v) is 5.20. The van der Waals surface area contributed by atoms with Gasteiger partial charge in [-0.3, -0.25) is 0 Å². The molecular weight excluding hydrogens is 307 g/mol. The summed E-state index contributed by atoms with van der Waals surface area (Å²) in [6, 6.07) is 9.50. The van der Waals surface area contributed by atoms with Crippen LogP contribution in [-0.4, -0.2) is 5.97 Å². The van der Waals surface area contributed by atoms with Crippen molar-refractivity contribution in [3.05, 3.63) is 46.2 Å². The maximum absolute atomic E-state index is 10.9. The second-order valence-corrected chi connectivity index (χ2v) is 6.23. The maximum atomic E-state index is 10.9. The standard InChI is InChI=1S/C11H13IO3/c1-9(2)14-12(15-10(3)13)11-7-5-4-6-8-11/h4-8H,1H2,2-3H3. The molecule has 0 N–H and O–H groups in total. The summed E-state index contributed by atoms with van der Waals surface area (Å²) in [7, 11) is 0. The number of rotatable bonds is 4. The van der Waals surface area contributed by atoms with Crippen LogP contribution in [0.4, 0.5) is 0 Å². The Morgan fingerprint density at radius 3 is 2.27 bits per heavy atom.